The lowest BCUT2D eigenvalue weighted by molar-refractivity contribution is -0.156. The predicted molar refractivity (Wildman–Crippen MR) is 80.0 cm³/mol. The number of hydrogen-bond donors (Lipinski definition) is 0. The second-order valence-corrected chi connectivity index (χ2v) is 7.00. The first-order valence-electron chi connectivity index (χ1n) is 8.42. The maximum absolute atomic E-state index is 12.1. The Bertz CT molecular complexity index is 715. The van der Waals surface area contributed by atoms with Gasteiger partial charge in [0, 0.05) is 0 Å². The normalized spacial score (nSPS) is 38.1. The summed E-state index contributed by atoms with van der Waals surface area (Å²) in [5, 5.41) is 0. The van der Waals surface area contributed by atoms with E-state index in [0.717, 1.165) is 18.4 Å². The molecule has 0 spiro atoms. The monoisotopic (exact) mass is 330 g/mol. The molecule has 0 bridgehead atoms. The van der Waals surface area contributed by atoms with Crippen LogP contribution in [0.2, 0.25) is 0 Å². The van der Waals surface area contributed by atoms with Crippen molar-refractivity contribution in [2.45, 2.75) is 32.6 Å². The van der Waals surface area contributed by atoms with Crippen LogP contribution in [0.4, 0.5) is 0 Å². The fourth-order valence-corrected chi connectivity index (χ4v) is 4.60. The van der Waals surface area contributed by atoms with Crippen LogP contribution in [0.1, 0.15) is 32.6 Å². The second-order valence-electron chi connectivity index (χ2n) is 7.00. The van der Waals surface area contributed by atoms with E-state index in [0.29, 0.717) is 17.9 Å². The molecule has 0 aromatic rings. The fraction of sp³-hybridized carbons (Fsp3) is 0.556. The third-order valence-electron chi connectivity index (χ3n) is 5.83. The summed E-state index contributed by atoms with van der Waals surface area (Å²) in [7, 11) is 0. The number of fused-ring (bicyclic) bond motifs is 2. The van der Waals surface area contributed by atoms with Gasteiger partial charge >= 0.3 is 23.9 Å². The van der Waals surface area contributed by atoms with Crippen molar-refractivity contribution in [2.24, 2.45) is 29.6 Å². The number of carbonyl (C=O) groups excluding carboxylic acids is 4. The van der Waals surface area contributed by atoms with Crippen molar-refractivity contribution < 1.29 is 28.7 Å². The van der Waals surface area contributed by atoms with Gasteiger partial charge in [-0.2, -0.15) is 0 Å². The Morgan fingerprint density at radius 1 is 1.04 bits per heavy atom. The van der Waals surface area contributed by atoms with Gasteiger partial charge in [-0.3, -0.25) is 14.4 Å². The average molecular weight is 330 g/mol. The largest absolute Gasteiger partial charge is 0.393 e. The lowest BCUT2D eigenvalue weighted by Gasteiger charge is -2.40. The lowest BCUT2D eigenvalue weighted by atomic mass is 9.62. The van der Waals surface area contributed by atoms with Crippen molar-refractivity contribution in [2.75, 3.05) is 0 Å². The standard InChI is InChI=1S/C18H18O6/c1-2-8-3-4-9-10(5-8)11(12-7-14(19)23-16(12)20)6-13-15(9)18(22)24-17(13)21/h3-4,8,10-13H,2,5-7H2,1H3. The molecular weight excluding hydrogens is 312 g/mol. The molecule has 2 aliphatic heterocycles. The third-order valence-corrected chi connectivity index (χ3v) is 5.83. The summed E-state index contributed by atoms with van der Waals surface area (Å²) in [6.45, 7) is 2.09. The zero-order valence-electron chi connectivity index (χ0n) is 13.3. The van der Waals surface area contributed by atoms with Gasteiger partial charge in [-0.25, -0.2) is 4.79 Å². The Morgan fingerprint density at radius 2 is 1.83 bits per heavy atom. The van der Waals surface area contributed by atoms with Gasteiger partial charge in [-0.15, -0.1) is 0 Å². The van der Waals surface area contributed by atoms with Crippen LogP contribution < -0.4 is 0 Å². The number of allylic oxidation sites excluding steroid dienone is 3. The molecule has 0 N–H and O–H groups in total. The van der Waals surface area contributed by atoms with E-state index in [-0.39, 0.29) is 18.3 Å². The topological polar surface area (TPSA) is 86.7 Å². The van der Waals surface area contributed by atoms with E-state index in [1.807, 2.05) is 6.08 Å². The average Bonchev–Trinajstić information content (AvgIpc) is 3.04. The first-order chi connectivity index (χ1) is 11.5. The minimum atomic E-state index is -0.625. The molecule has 0 aromatic heterocycles. The van der Waals surface area contributed by atoms with Gasteiger partial charge in [0.2, 0.25) is 0 Å². The van der Waals surface area contributed by atoms with Crippen molar-refractivity contribution >= 4 is 23.9 Å². The summed E-state index contributed by atoms with van der Waals surface area (Å²) < 4.78 is 9.54. The SMILES string of the molecule is CCC1C=CC2=C3C(=O)OC(=O)C3CC(C3CC(=O)OC3=O)C2C1. The number of hydrogen-bond acceptors (Lipinski definition) is 6. The van der Waals surface area contributed by atoms with E-state index < -0.39 is 35.7 Å². The van der Waals surface area contributed by atoms with Gasteiger partial charge in [0.1, 0.15) is 0 Å². The minimum absolute atomic E-state index is 0.0203. The lowest BCUT2D eigenvalue weighted by Crippen LogP contribution is -2.37. The van der Waals surface area contributed by atoms with Crippen LogP contribution in [0.15, 0.2) is 23.3 Å². The Morgan fingerprint density at radius 3 is 2.50 bits per heavy atom. The molecule has 0 saturated carbocycles. The molecule has 126 valence electrons. The van der Waals surface area contributed by atoms with E-state index in [9.17, 15) is 19.2 Å². The van der Waals surface area contributed by atoms with E-state index in [1.54, 1.807) is 0 Å². The molecule has 6 heteroatoms. The fourth-order valence-electron chi connectivity index (χ4n) is 4.60. The predicted octanol–water partition coefficient (Wildman–Crippen LogP) is 1.69. The number of carbonyl (C=O) groups is 4. The zero-order valence-corrected chi connectivity index (χ0v) is 13.3. The molecule has 24 heavy (non-hydrogen) atoms. The van der Waals surface area contributed by atoms with E-state index >= 15 is 0 Å². The molecule has 5 unspecified atom stereocenters. The molecule has 2 saturated heterocycles. The molecule has 0 aromatic carbocycles. The van der Waals surface area contributed by atoms with Crippen LogP contribution in [-0.4, -0.2) is 23.9 Å². The summed E-state index contributed by atoms with van der Waals surface area (Å²) >= 11 is 0. The molecule has 0 radical (unpaired) electrons. The van der Waals surface area contributed by atoms with Gasteiger partial charge in [-0.05, 0) is 42.6 Å². The molecule has 2 fully saturated rings. The van der Waals surface area contributed by atoms with E-state index in [2.05, 4.69) is 13.0 Å². The van der Waals surface area contributed by atoms with Crippen LogP contribution in [0.25, 0.3) is 0 Å². The maximum atomic E-state index is 12.1. The highest BCUT2D eigenvalue weighted by atomic mass is 16.6. The van der Waals surface area contributed by atoms with Crippen molar-refractivity contribution in [3.8, 4) is 0 Å². The number of esters is 4. The highest BCUT2D eigenvalue weighted by Gasteiger charge is 2.53. The molecule has 6 nitrogen and oxygen atoms in total. The number of ether oxygens (including phenoxy) is 2. The molecule has 2 aliphatic carbocycles. The van der Waals surface area contributed by atoms with Gasteiger partial charge in [0.15, 0.2) is 0 Å². The molecule has 4 aliphatic rings. The van der Waals surface area contributed by atoms with Crippen LogP contribution in [0, 0.1) is 29.6 Å². The summed E-state index contributed by atoms with van der Waals surface area (Å²) in [5.74, 6) is -3.12. The Balaban J connectivity index is 1.78. The third kappa shape index (κ3) is 2.16. The summed E-state index contributed by atoms with van der Waals surface area (Å²) in [6.07, 6.45) is 6.17. The Hall–Kier alpha value is -2.24. The first kappa shape index (κ1) is 15.3. The van der Waals surface area contributed by atoms with Crippen LogP contribution in [0.3, 0.4) is 0 Å². The van der Waals surface area contributed by atoms with Gasteiger partial charge in [0.25, 0.3) is 0 Å². The number of cyclic esters (lactones) is 4. The summed E-state index contributed by atoms with van der Waals surface area (Å²) in [4.78, 5) is 47.7. The smallest absolute Gasteiger partial charge is 0.342 e. The highest BCUT2D eigenvalue weighted by molar-refractivity contribution is 6.08. The van der Waals surface area contributed by atoms with Crippen molar-refractivity contribution in [1.29, 1.82) is 0 Å². The molecular formula is C18H18O6. The van der Waals surface area contributed by atoms with Crippen LogP contribution in [0.5, 0.6) is 0 Å². The summed E-state index contributed by atoms with van der Waals surface area (Å²) in [5.41, 5.74) is 1.26. The first-order valence-corrected chi connectivity index (χ1v) is 8.42. The Labute approximate surface area is 138 Å². The Kier molecular flexibility index (Phi) is 3.44. The summed E-state index contributed by atoms with van der Waals surface area (Å²) in [6, 6.07) is 0. The zero-order chi connectivity index (χ0) is 17.0. The van der Waals surface area contributed by atoms with Crippen molar-refractivity contribution in [3.05, 3.63) is 23.3 Å². The quantitative estimate of drug-likeness (QED) is 0.566. The maximum Gasteiger partial charge on any atom is 0.342 e. The number of rotatable bonds is 2. The van der Waals surface area contributed by atoms with Crippen LogP contribution in [-0.2, 0) is 28.7 Å². The molecule has 2 heterocycles. The van der Waals surface area contributed by atoms with Crippen LogP contribution >= 0.6 is 0 Å². The van der Waals surface area contributed by atoms with E-state index in [1.165, 1.54) is 0 Å². The van der Waals surface area contributed by atoms with Gasteiger partial charge in [0.05, 0.1) is 23.8 Å². The van der Waals surface area contributed by atoms with Gasteiger partial charge in [-0.1, -0.05) is 19.1 Å². The van der Waals surface area contributed by atoms with Crippen molar-refractivity contribution in [3.63, 3.8) is 0 Å². The highest BCUT2D eigenvalue weighted by Crippen LogP contribution is 2.51. The van der Waals surface area contributed by atoms with Gasteiger partial charge < -0.3 is 9.47 Å². The molecule has 5 atom stereocenters. The van der Waals surface area contributed by atoms with Crippen molar-refractivity contribution in [1.82, 2.24) is 0 Å². The second kappa shape index (κ2) is 5.40. The van der Waals surface area contributed by atoms with E-state index in [4.69, 9.17) is 9.47 Å². The molecule has 0 amide bonds. The minimum Gasteiger partial charge on any atom is -0.393 e. The molecule has 4 rings (SSSR count).